The summed E-state index contributed by atoms with van der Waals surface area (Å²) in [7, 11) is 0. The molecule has 0 heterocycles. The molecule has 0 aromatic carbocycles. The number of rotatable bonds is 43. The number of amides is 1. The van der Waals surface area contributed by atoms with Crippen LogP contribution < -0.4 is 5.32 Å². The largest absolute Gasteiger partial charge is 0.446 e. The number of alkyl carbamates (subject to hydrolysis) is 1. The van der Waals surface area contributed by atoms with Crippen LogP contribution in [0.4, 0.5) is 4.79 Å². The van der Waals surface area contributed by atoms with E-state index in [9.17, 15) is 4.79 Å². The fraction of sp³-hybridized carbons (Fsp3) is 0.980. The highest BCUT2D eigenvalue weighted by Crippen LogP contribution is 2.20. The highest BCUT2D eigenvalue weighted by atomic mass is 16.6. The molecule has 0 unspecified atom stereocenters. The number of hydrogen-bond acceptors (Lipinski definition) is 4. The molecule has 0 aliphatic carbocycles. The Balaban J connectivity index is 4.23. The van der Waals surface area contributed by atoms with Crippen molar-refractivity contribution in [3.63, 3.8) is 0 Å². The Morgan fingerprint density at radius 3 is 1.09 bits per heavy atom. The molecule has 0 bridgehead atoms. The van der Waals surface area contributed by atoms with E-state index in [1.807, 2.05) is 0 Å². The topological polar surface area (TPSA) is 56.8 Å². The van der Waals surface area contributed by atoms with Crippen LogP contribution in [0.2, 0.25) is 0 Å². The molecule has 0 aliphatic rings. The van der Waals surface area contributed by atoms with Gasteiger partial charge in [-0.1, -0.05) is 206 Å². The fourth-order valence-electron chi connectivity index (χ4n) is 7.58. The number of nitrogens with one attached hydrogen (secondary N) is 1. The van der Waals surface area contributed by atoms with E-state index in [-0.39, 0.29) is 23.4 Å². The van der Waals surface area contributed by atoms with Gasteiger partial charge in [0.25, 0.3) is 0 Å². The molecule has 0 radical (unpaired) electrons. The number of carbonyl (C=O) groups is 1. The lowest BCUT2D eigenvalue weighted by atomic mass is 10.0. The van der Waals surface area contributed by atoms with Crippen molar-refractivity contribution in [2.45, 2.75) is 297 Å². The maximum atomic E-state index is 12.8. The zero-order valence-electron chi connectivity index (χ0n) is 38.8. The molecule has 5 nitrogen and oxygen atoms in total. The Bertz CT molecular complexity index is 742. The van der Waals surface area contributed by atoms with Crippen LogP contribution in [0.1, 0.15) is 280 Å². The first-order valence-corrected chi connectivity index (χ1v) is 24.8. The third kappa shape index (κ3) is 44.1. The average Bonchev–Trinajstić information content (AvgIpc) is 3.13. The summed E-state index contributed by atoms with van der Waals surface area (Å²) in [5.41, 5.74) is -0.368. The average molecular weight is 780 g/mol. The summed E-state index contributed by atoms with van der Waals surface area (Å²) < 4.78 is 18.0. The normalized spacial score (nSPS) is 12.2. The van der Waals surface area contributed by atoms with Crippen LogP contribution in [0.15, 0.2) is 0 Å². The zero-order chi connectivity index (χ0) is 40.6. The van der Waals surface area contributed by atoms with E-state index < -0.39 is 0 Å². The summed E-state index contributed by atoms with van der Waals surface area (Å²) in [6, 6.07) is 0. The summed E-state index contributed by atoms with van der Waals surface area (Å²) in [6.07, 6.45) is 47.6. The van der Waals surface area contributed by atoms with E-state index >= 15 is 0 Å². The van der Waals surface area contributed by atoms with Crippen molar-refractivity contribution < 1.29 is 19.0 Å². The lowest BCUT2D eigenvalue weighted by Crippen LogP contribution is -2.32. The number of ether oxygens (including phenoxy) is 3. The molecule has 0 saturated heterocycles. The van der Waals surface area contributed by atoms with Crippen LogP contribution in [-0.4, -0.2) is 43.2 Å². The molecule has 55 heavy (non-hydrogen) atoms. The SMILES string of the molecule is CCCCCCCCCCCCCCCCCCC(CCCCCCCCCCCCCCCCCC)OC(=O)NCCCOC(C)(C)CCOC(C)(C)C. The standard InChI is InChI=1S/C50H101NO4/c1-8-10-12-14-16-18-20-22-24-26-28-30-32-34-36-38-41-47(42-39-37-35-33-31-29-27-25-23-21-19-17-15-13-11-9-2)55-48(52)51-44-40-45-54-50(6,7)43-46-53-49(3,4)5/h47H,8-46H2,1-7H3,(H,51,52). The Kier molecular flexibility index (Phi) is 39.4. The Morgan fingerprint density at radius 1 is 0.436 bits per heavy atom. The van der Waals surface area contributed by atoms with Crippen molar-refractivity contribution in [1.29, 1.82) is 0 Å². The Hall–Kier alpha value is -0.810. The van der Waals surface area contributed by atoms with Crippen molar-refractivity contribution in [3.8, 4) is 0 Å². The smallest absolute Gasteiger partial charge is 0.407 e. The van der Waals surface area contributed by atoms with E-state index in [1.54, 1.807) is 0 Å². The fourth-order valence-corrected chi connectivity index (χ4v) is 7.58. The monoisotopic (exact) mass is 780 g/mol. The molecule has 0 saturated carbocycles. The number of unbranched alkanes of at least 4 members (excludes halogenated alkanes) is 30. The van der Waals surface area contributed by atoms with Crippen molar-refractivity contribution in [2.24, 2.45) is 0 Å². The molecule has 0 aromatic heterocycles. The molecular formula is C50H101NO4. The van der Waals surface area contributed by atoms with Crippen LogP contribution in [0.25, 0.3) is 0 Å². The van der Waals surface area contributed by atoms with Crippen LogP contribution in [0.5, 0.6) is 0 Å². The number of carbonyl (C=O) groups excluding carboxylic acids is 1. The van der Waals surface area contributed by atoms with Gasteiger partial charge in [-0.3, -0.25) is 0 Å². The van der Waals surface area contributed by atoms with Gasteiger partial charge in [-0.2, -0.15) is 0 Å². The Labute approximate surface area is 346 Å². The third-order valence-electron chi connectivity index (χ3n) is 11.4. The summed E-state index contributed by atoms with van der Waals surface area (Å²) in [4.78, 5) is 12.8. The van der Waals surface area contributed by atoms with Crippen molar-refractivity contribution >= 4 is 6.09 Å². The van der Waals surface area contributed by atoms with Gasteiger partial charge in [0, 0.05) is 19.8 Å². The quantitative estimate of drug-likeness (QED) is 0.0626. The lowest BCUT2D eigenvalue weighted by molar-refractivity contribution is -0.0667. The van der Waals surface area contributed by atoms with E-state index in [2.05, 4.69) is 53.8 Å². The number of hydrogen-bond donors (Lipinski definition) is 1. The first-order chi connectivity index (χ1) is 26.6. The molecule has 1 N–H and O–H groups in total. The zero-order valence-corrected chi connectivity index (χ0v) is 38.8. The van der Waals surface area contributed by atoms with Crippen molar-refractivity contribution in [1.82, 2.24) is 5.32 Å². The van der Waals surface area contributed by atoms with Gasteiger partial charge in [0.05, 0.1) is 11.2 Å². The molecular weight excluding hydrogens is 679 g/mol. The van der Waals surface area contributed by atoms with E-state index in [1.165, 1.54) is 193 Å². The molecule has 5 heteroatoms. The van der Waals surface area contributed by atoms with Crippen LogP contribution in [-0.2, 0) is 14.2 Å². The van der Waals surface area contributed by atoms with Crippen LogP contribution in [0.3, 0.4) is 0 Å². The van der Waals surface area contributed by atoms with Gasteiger partial charge in [-0.25, -0.2) is 4.79 Å². The highest BCUT2D eigenvalue weighted by molar-refractivity contribution is 5.67. The molecule has 0 aromatic rings. The predicted octanol–water partition coefficient (Wildman–Crippen LogP) is 16.8. The summed E-state index contributed by atoms with van der Waals surface area (Å²) in [5.74, 6) is 0. The molecule has 0 aliphatic heterocycles. The minimum absolute atomic E-state index is 0.0382. The minimum Gasteiger partial charge on any atom is -0.446 e. The van der Waals surface area contributed by atoms with Crippen LogP contribution in [0, 0.1) is 0 Å². The van der Waals surface area contributed by atoms with Gasteiger partial charge in [0.15, 0.2) is 0 Å². The van der Waals surface area contributed by atoms with Gasteiger partial charge in [0.1, 0.15) is 6.10 Å². The van der Waals surface area contributed by atoms with E-state index in [0.29, 0.717) is 19.8 Å². The van der Waals surface area contributed by atoms with Crippen molar-refractivity contribution in [2.75, 3.05) is 19.8 Å². The summed E-state index contributed by atoms with van der Waals surface area (Å²) in [6.45, 7) is 16.9. The molecule has 330 valence electrons. The molecule has 0 spiro atoms. The van der Waals surface area contributed by atoms with E-state index in [4.69, 9.17) is 14.2 Å². The second kappa shape index (κ2) is 40.0. The van der Waals surface area contributed by atoms with Crippen LogP contribution >= 0.6 is 0 Å². The first kappa shape index (κ1) is 54.2. The Morgan fingerprint density at radius 2 is 0.764 bits per heavy atom. The van der Waals surface area contributed by atoms with Gasteiger partial charge in [-0.15, -0.1) is 0 Å². The molecule has 0 rings (SSSR count). The predicted molar refractivity (Wildman–Crippen MR) is 242 cm³/mol. The van der Waals surface area contributed by atoms with Gasteiger partial charge >= 0.3 is 6.09 Å². The second-order valence-electron chi connectivity index (χ2n) is 18.8. The second-order valence-corrected chi connectivity index (χ2v) is 18.8. The van der Waals surface area contributed by atoms with Gasteiger partial charge in [0.2, 0.25) is 0 Å². The molecule has 1 amide bonds. The lowest BCUT2D eigenvalue weighted by Gasteiger charge is -2.28. The van der Waals surface area contributed by atoms with E-state index in [0.717, 1.165) is 38.5 Å². The molecule has 0 atom stereocenters. The summed E-state index contributed by atoms with van der Waals surface area (Å²) >= 11 is 0. The maximum absolute atomic E-state index is 12.8. The third-order valence-corrected chi connectivity index (χ3v) is 11.4. The highest BCUT2D eigenvalue weighted by Gasteiger charge is 2.20. The summed E-state index contributed by atoms with van der Waals surface area (Å²) in [5, 5.41) is 3.01. The first-order valence-electron chi connectivity index (χ1n) is 24.8. The van der Waals surface area contributed by atoms with Crippen molar-refractivity contribution in [3.05, 3.63) is 0 Å². The maximum Gasteiger partial charge on any atom is 0.407 e. The molecule has 0 fully saturated rings. The van der Waals surface area contributed by atoms with Gasteiger partial charge < -0.3 is 19.5 Å². The minimum atomic E-state index is -0.254. The van der Waals surface area contributed by atoms with Gasteiger partial charge in [-0.05, 0) is 73.1 Å².